The van der Waals surface area contributed by atoms with E-state index in [4.69, 9.17) is 11.6 Å². The number of aromatic nitrogens is 2. The first-order chi connectivity index (χ1) is 15.7. The minimum atomic E-state index is -1.33. The molecule has 0 radical (unpaired) electrons. The van der Waals surface area contributed by atoms with E-state index < -0.39 is 23.4 Å². The first kappa shape index (κ1) is 23.2. The van der Waals surface area contributed by atoms with Crippen molar-refractivity contribution in [3.8, 4) is 0 Å². The minimum absolute atomic E-state index is 0.0218. The van der Waals surface area contributed by atoms with Gasteiger partial charge in [0.15, 0.2) is 0 Å². The smallest absolute Gasteiger partial charge is 0.251 e. The van der Waals surface area contributed by atoms with Gasteiger partial charge in [0.2, 0.25) is 0 Å². The summed E-state index contributed by atoms with van der Waals surface area (Å²) in [7, 11) is 0. The topological polar surface area (TPSA) is 72.0 Å². The number of fused-ring (bicyclic) bond motifs is 2. The molecule has 0 fully saturated rings. The van der Waals surface area contributed by atoms with Crippen LogP contribution in [0.15, 0.2) is 36.5 Å². The van der Waals surface area contributed by atoms with Gasteiger partial charge in [0.25, 0.3) is 5.91 Å². The fourth-order valence-corrected chi connectivity index (χ4v) is 4.37. The Labute approximate surface area is 195 Å². The summed E-state index contributed by atoms with van der Waals surface area (Å²) >= 11 is 5.81. The highest BCUT2D eigenvalue weighted by molar-refractivity contribution is 6.29. The van der Waals surface area contributed by atoms with Crippen molar-refractivity contribution in [2.24, 2.45) is 5.92 Å². The molecule has 1 aliphatic carbocycles. The number of rotatable bonds is 6. The number of benzene rings is 1. The Hall–Kier alpha value is -2.93. The van der Waals surface area contributed by atoms with Crippen LogP contribution in [0.4, 0.5) is 8.78 Å². The van der Waals surface area contributed by atoms with Crippen molar-refractivity contribution in [3.05, 3.63) is 69.9 Å². The third-order valence-electron chi connectivity index (χ3n) is 6.39. The zero-order valence-corrected chi connectivity index (χ0v) is 19.1. The summed E-state index contributed by atoms with van der Waals surface area (Å²) in [5, 5.41) is 3.48. The Morgan fingerprint density at radius 2 is 2.09 bits per heavy atom. The first-order valence-electron chi connectivity index (χ1n) is 10.9. The minimum Gasteiger partial charge on any atom is -0.345 e. The summed E-state index contributed by atoms with van der Waals surface area (Å²) in [5.74, 6) is -1.31. The van der Waals surface area contributed by atoms with Gasteiger partial charge in [-0.05, 0) is 54.2 Å². The van der Waals surface area contributed by atoms with E-state index in [2.05, 4.69) is 15.3 Å². The molecule has 0 spiro atoms. The molecular weight excluding hydrogens is 448 g/mol. The fraction of sp³-hybridized carbons (Fsp3) is 0.360. The highest BCUT2D eigenvalue weighted by atomic mass is 35.5. The van der Waals surface area contributed by atoms with Crippen molar-refractivity contribution in [1.29, 1.82) is 0 Å². The Morgan fingerprint density at radius 3 is 2.76 bits per heavy atom. The van der Waals surface area contributed by atoms with Crippen LogP contribution in [-0.4, -0.2) is 27.8 Å². The second kappa shape index (κ2) is 9.14. The van der Waals surface area contributed by atoms with Gasteiger partial charge in [-0.2, -0.15) is 0 Å². The van der Waals surface area contributed by atoms with E-state index in [0.717, 1.165) is 11.6 Å². The van der Waals surface area contributed by atoms with Crippen LogP contribution in [-0.2, 0) is 17.6 Å². The van der Waals surface area contributed by atoms with Gasteiger partial charge in [0.1, 0.15) is 28.4 Å². The van der Waals surface area contributed by atoms with E-state index in [1.165, 1.54) is 6.20 Å². The number of pyridine rings is 2. The van der Waals surface area contributed by atoms with Crippen molar-refractivity contribution in [3.63, 3.8) is 0 Å². The SMILES string of the molecule is CC(C)[C@]1(F)CCc2nc3c(F)cc(C(=O)N[C@H](CC=O)c4ccc(Cl)nc4)cc3cc2C1. The molecular formula is C25H24ClF2N3O2. The van der Waals surface area contributed by atoms with Crippen LogP contribution in [0.5, 0.6) is 0 Å². The molecule has 1 N–H and O–H groups in total. The average molecular weight is 472 g/mol. The maximum Gasteiger partial charge on any atom is 0.251 e. The van der Waals surface area contributed by atoms with Gasteiger partial charge in [-0.3, -0.25) is 4.79 Å². The van der Waals surface area contributed by atoms with Crippen LogP contribution in [0.2, 0.25) is 5.15 Å². The molecule has 8 heteroatoms. The Balaban J connectivity index is 1.65. The molecule has 0 aliphatic heterocycles. The number of aryl methyl sites for hydroxylation is 1. The van der Waals surface area contributed by atoms with Crippen molar-refractivity contribution in [1.82, 2.24) is 15.3 Å². The van der Waals surface area contributed by atoms with E-state index in [-0.39, 0.29) is 35.0 Å². The molecule has 0 unspecified atom stereocenters. The number of alkyl halides is 1. The molecule has 1 amide bonds. The predicted molar refractivity (Wildman–Crippen MR) is 123 cm³/mol. The van der Waals surface area contributed by atoms with Crippen LogP contribution < -0.4 is 5.32 Å². The summed E-state index contributed by atoms with van der Waals surface area (Å²) in [4.78, 5) is 32.5. The van der Waals surface area contributed by atoms with E-state index in [1.54, 1.807) is 24.3 Å². The second-order valence-corrected chi connectivity index (χ2v) is 9.22. The van der Waals surface area contributed by atoms with E-state index in [1.807, 2.05) is 13.8 Å². The van der Waals surface area contributed by atoms with Gasteiger partial charge >= 0.3 is 0 Å². The van der Waals surface area contributed by atoms with Crippen molar-refractivity contribution < 1.29 is 18.4 Å². The third kappa shape index (κ3) is 4.74. The number of carbonyl (C=O) groups is 2. The number of hydrogen-bond donors (Lipinski definition) is 1. The number of halogens is 3. The van der Waals surface area contributed by atoms with E-state index in [9.17, 15) is 14.0 Å². The number of hydrogen-bond acceptors (Lipinski definition) is 4. The van der Waals surface area contributed by atoms with Gasteiger partial charge in [0.05, 0.1) is 6.04 Å². The van der Waals surface area contributed by atoms with E-state index >= 15 is 4.39 Å². The molecule has 1 aliphatic rings. The largest absolute Gasteiger partial charge is 0.345 e. The third-order valence-corrected chi connectivity index (χ3v) is 6.61. The lowest BCUT2D eigenvalue weighted by atomic mass is 9.77. The maximum atomic E-state index is 15.3. The van der Waals surface area contributed by atoms with Gasteiger partial charge in [-0.25, -0.2) is 18.7 Å². The Morgan fingerprint density at radius 1 is 1.30 bits per heavy atom. The highest BCUT2D eigenvalue weighted by Crippen LogP contribution is 2.38. The van der Waals surface area contributed by atoms with E-state index in [0.29, 0.717) is 35.8 Å². The second-order valence-electron chi connectivity index (χ2n) is 8.83. The lowest BCUT2D eigenvalue weighted by Crippen LogP contribution is -2.36. The molecule has 2 aromatic heterocycles. The summed E-state index contributed by atoms with van der Waals surface area (Å²) in [6.07, 6.45) is 3.21. The monoisotopic (exact) mass is 471 g/mol. The normalized spacial score (nSPS) is 18.7. The zero-order valence-electron chi connectivity index (χ0n) is 18.4. The molecule has 1 aromatic carbocycles. The zero-order chi connectivity index (χ0) is 23.8. The van der Waals surface area contributed by atoms with Crippen LogP contribution in [0.1, 0.15) is 59.9 Å². The predicted octanol–water partition coefficient (Wildman–Crippen LogP) is 5.34. The van der Waals surface area contributed by atoms with Crippen molar-refractivity contribution >= 4 is 34.7 Å². The Bertz CT molecular complexity index is 1220. The number of carbonyl (C=O) groups excluding carboxylic acids is 2. The number of nitrogens with one attached hydrogen (secondary N) is 1. The molecule has 3 aromatic rings. The van der Waals surface area contributed by atoms with Gasteiger partial charge in [-0.15, -0.1) is 0 Å². The quantitative estimate of drug-likeness (QED) is 0.389. The van der Waals surface area contributed by atoms with Crippen LogP contribution in [0.3, 0.4) is 0 Å². The van der Waals surface area contributed by atoms with Crippen molar-refractivity contribution in [2.75, 3.05) is 0 Å². The number of nitrogens with zero attached hydrogens (tertiary/aromatic N) is 2. The molecule has 0 bridgehead atoms. The first-order valence-corrected chi connectivity index (χ1v) is 11.2. The molecule has 2 atom stereocenters. The lowest BCUT2D eigenvalue weighted by molar-refractivity contribution is -0.108. The molecule has 172 valence electrons. The summed E-state index contributed by atoms with van der Waals surface area (Å²) in [5.41, 5.74) is 0.967. The van der Waals surface area contributed by atoms with Gasteiger partial charge in [-0.1, -0.05) is 31.5 Å². The maximum absolute atomic E-state index is 15.3. The molecule has 2 heterocycles. The number of amides is 1. The molecule has 5 nitrogen and oxygen atoms in total. The molecule has 33 heavy (non-hydrogen) atoms. The Kier molecular flexibility index (Phi) is 6.43. The van der Waals surface area contributed by atoms with Gasteiger partial charge in [0, 0.05) is 35.7 Å². The molecule has 0 saturated heterocycles. The number of aldehydes is 1. The average Bonchev–Trinajstić information content (AvgIpc) is 2.78. The molecule has 0 saturated carbocycles. The fourth-order valence-electron chi connectivity index (χ4n) is 4.26. The molecule has 4 rings (SSSR count). The standard InChI is InChI=1S/C25H24ClF2N3O2/c1-14(2)25(28)7-5-20-18(12-25)10-16-9-17(11-19(27)23(16)30-20)24(33)31-21(6-8-32)15-3-4-22(26)29-13-15/h3-4,8-11,13-14,21H,5-7,12H2,1-2H3,(H,31,33)/t21-,25+/m1/s1. The van der Waals surface area contributed by atoms with Crippen LogP contribution >= 0.6 is 11.6 Å². The van der Waals surface area contributed by atoms with Gasteiger partial charge < -0.3 is 10.1 Å². The van der Waals surface area contributed by atoms with Crippen LogP contribution in [0.25, 0.3) is 10.9 Å². The van der Waals surface area contributed by atoms with Crippen molar-refractivity contribution in [2.45, 2.75) is 51.2 Å². The summed E-state index contributed by atoms with van der Waals surface area (Å²) in [6, 6.07) is 7.00. The summed E-state index contributed by atoms with van der Waals surface area (Å²) in [6.45, 7) is 3.71. The lowest BCUT2D eigenvalue weighted by Gasteiger charge is -2.34. The highest BCUT2D eigenvalue weighted by Gasteiger charge is 2.38. The summed E-state index contributed by atoms with van der Waals surface area (Å²) < 4.78 is 30.2. The van der Waals surface area contributed by atoms with Crippen LogP contribution in [0, 0.1) is 11.7 Å².